The van der Waals surface area contributed by atoms with E-state index in [9.17, 15) is 0 Å². The highest BCUT2D eigenvalue weighted by Crippen LogP contribution is 2.47. The van der Waals surface area contributed by atoms with Gasteiger partial charge in [0.15, 0.2) is 0 Å². The predicted molar refractivity (Wildman–Crippen MR) is 171 cm³/mol. The first-order chi connectivity index (χ1) is 19.6. The molecule has 0 spiro atoms. The van der Waals surface area contributed by atoms with Gasteiger partial charge < -0.3 is 4.40 Å². The van der Waals surface area contributed by atoms with Gasteiger partial charge in [-0.3, -0.25) is 0 Å². The molecule has 0 amide bonds. The molecule has 0 saturated carbocycles. The van der Waals surface area contributed by atoms with Crippen LogP contribution in [0, 0.1) is 20.8 Å². The molecule has 0 aliphatic heterocycles. The Balaban J connectivity index is 1.61. The highest BCUT2D eigenvalue weighted by molar-refractivity contribution is 6.18. The summed E-state index contributed by atoms with van der Waals surface area (Å²) < 4.78 is 2.65. The maximum absolute atomic E-state index is 2.65. The molecule has 2 heterocycles. The average Bonchev–Trinajstić information content (AvgIpc) is 3.50. The third-order valence-electron chi connectivity index (χ3n) is 9.30. The molecule has 194 valence electrons. The molecule has 0 unspecified atom stereocenters. The minimum Gasteiger partial charge on any atom is -0.312 e. The minimum absolute atomic E-state index is 1.09. The highest BCUT2D eigenvalue weighted by Gasteiger charge is 2.29. The number of nitrogens with zero attached hydrogens (tertiary/aromatic N) is 1. The van der Waals surface area contributed by atoms with Gasteiger partial charge in [-0.25, -0.2) is 0 Å². The molecule has 40 heavy (non-hydrogen) atoms. The van der Waals surface area contributed by atoms with Gasteiger partial charge in [-0.2, -0.15) is 0 Å². The molecule has 0 atom stereocenters. The third kappa shape index (κ3) is 3.21. The Morgan fingerprint density at radius 2 is 1.40 bits per heavy atom. The molecule has 1 nitrogen and oxygen atoms in total. The Labute approximate surface area is 235 Å². The summed E-state index contributed by atoms with van der Waals surface area (Å²) in [5, 5.41) is 5.71. The molecule has 2 aromatic heterocycles. The van der Waals surface area contributed by atoms with Gasteiger partial charge in [-0.15, -0.1) is 0 Å². The van der Waals surface area contributed by atoms with Gasteiger partial charge >= 0.3 is 0 Å². The quantitative estimate of drug-likeness (QED) is 0.222. The van der Waals surface area contributed by atoms with Crippen LogP contribution < -0.4 is 10.6 Å². The van der Waals surface area contributed by atoms with Crippen molar-refractivity contribution in [1.29, 1.82) is 0 Å². The molecule has 0 N–H and O–H groups in total. The molecule has 6 aromatic rings. The number of hydrogen-bond donors (Lipinski definition) is 0. The van der Waals surface area contributed by atoms with Gasteiger partial charge in [-0.1, -0.05) is 91.0 Å². The van der Waals surface area contributed by atoms with Gasteiger partial charge in [0.25, 0.3) is 0 Å². The van der Waals surface area contributed by atoms with Crippen molar-refractivity contribution in [2.45, 2.75) is 46.5 Å². The molecule has 0 saturated heterocycles. The Kier molecular flexibility index (Phi) is 5.19. The lowest BCUT2D eigenvalue weighted by Crippen LogP contribution is -2.29. The zero-order valence-corrected chi connectivity index (χ0v) is 23.5. The van der Waals surface area contributed by atoms with Crippen molar-refractivity contribution in [2.75, 3.05) is 0 Å². The second-order valence-electron chi connectivity index (χ2n) is 11.6. The largest absolute Gasteiger partial charge is 0.312 e. The summed E-state index contributed by atoms with van der Waals surface area (Å²) in [7, 11) is 0. The lowest BCUT2D eigenvalue weighted by molar-refractivity contribution is 0.895. The van der Waals surface area contributed by atoms with Crippen LogP contribution in [0.2, 0.25) is 0 Å². The van der Waals surface area contributed by atoms with Gasteiger partial charge in [0.2, 0.25) is 0 Å². The number of rotatable bonds is 3. The van der Waals surface area contributed by atoms with Crippen LogP contribution in [0.1, 0.15) is 47.2 Å². The molecular weight excluding hydrogens is 482 g/mol. The Morgan fingerprint density at radius 1 is 0.650 bits per heavy atom. The van der Waals surface area contributed by atoms with Crippen LogP contribution in [0.25, 0.3) is 67.9 Å². The van der Waals surface area contributed by atoms with Gasteiger partial charge in [-0.05, 0) is 103 Å². The van der Waals surface area contributed by atoms with Gasteiger partial charge in [0.05, 0.1) is 5.52 Å². The Morgan fingerprint density at radius 3 is 2.25 bits per heavy atom. The van der Waals surface area contributed by atoms with Gasteiger partial charge in [0.1, 0.15) is 0 Å². The normalized spacial score (nSPS) is 14.3. The molecule has 2 aliphatic carbocycles. The van der Waals surface area contributed by atoms with Crippen LogP contribution in [-0.4, -0.2) is 4.40 Å². The van der Waals surface area contributed by atoms with E-state index in [-0.39, 0.29) is 0 Å². The number of benzene rings is 4. The fourth-order valence-corrected chi connectivity index (χ4v) is 7.46. The van der Waals surface area contributed by atoms with Crippen molar-refractivity contribution >= 4 is 34.5 Å². The SMILES string of the molecule is Cc1ccccc1-c1c(C)c(-c2cc(-c3ccccc3)ccc2C)c2c3c(n4c5c(c1c24)C=CCC5)=CCCC=3. The van der Waals surface area contributed by atoms with E-state index in [0.29, 0.717) is 0 Å². The number of hydrogen-bond acceptors (Lipinski definition) is 0. The second-order valence-corrected chi connectivity index (χ2v) is 11.6. The maximum Gasteiger partial charge on any atom is 0.0629 e. The number of fused-ring (bicyclic) bond motifs is 6. The monoisotopic (exact) mass is 515 g/mol. The van der Waals surface area contributed by atoms with E-state index < -0.39 is 0 Å². The molecule has 0 radical (unpaired) electrons. The van der Waals surface area contributed by atoms with E-state index in [1.165, 1.54) is 88.2 Å². The number of allylic oxidation sites excluding steroid dienone is 1. The smallest absolute Gasteiger partial charge is 0.0629 e. The zero-order chi connectivity index (χ0) is 27.0. The summed E-state index contributed by atoms with van der Waals surface area (Å²) in [6.45, 7) is 6.92. The Hall–Kier alpha value is -4.36. The summed E-state index contributed by atoms with van der Waals surface area (Å²) in [6.07, 6.45) is 14.2. The topological polar surface area (TPSA) is 4.41 Å². The zero-order valence-electron chi connectivity index (χ0n) is 23.5. The van der Waals surface area contributed by atoms with Crippen molar-refractivity contribution in [3.63, 3.8) is 0 Å². The van der Waals surface area contributed by atoms with Crippen LogP contribution in [-0.2, 0) is 6.42 Å². The summed E-state index contributed by atoms with van der Waals surface area (Å²) in [5.41, 5.74) is 16.4. The molecule has 8 rings (SSSR count). The molecule has 0 bridgehead atoms. The van der Waals surface area contributed by atoms with E-state index in [2.05, 4.69) is 122 Å². The van der Waals surface area contributed by atoms with Crippen LogP contribution in [0.5, 0.6) is 0 Å². The van der Waals surface area contributed by atoms with Crippen LogP contribution in [0.4, 0.5) is 0 Å². The summed E-state index contributed by atoms with van der Waals surface area (Å²) in [6, 6.07) is 26.8. The van der Waals surface area contributed by atoms with Crippen molar-refractivity contribution in [1.82, 2.24) is 4.40 Å². The van der Waals surface area contributed by atoms with Crippen molar-refractivity contribution in [2.24, 2.45) is 0 Å². The number of aromatic nitrogens is 1. The summed E-state index contributed by atoms with van der Waals surface area (Å²) >= 11 is 0. The van der Waals surface area contributed by atoms with Gasteiger partial charge in [0, 0.05) is 32.6 Å². The van der Waals surface area contributed by atoms with Crippen molar-refractivity contribution < 1.29 is 0 Å². The number of aryl methyl sites for hydroxylation is 3. The Bertz CT molecular complexity index is 2120. The molecular formula is C39H33N. The summed E-state index contributed by atoms with van der Waals surface area (Å²) in [5.74, 6) is 0. The highest BCUT2D eigenvalue weighted by atomic mass is 14.9. The van der Waals surface area contributed by atoms with E-state index in [0.717, 1.165) is 25.7 Å². The molecule has 0 fully saturated rings. The first-order valence-electron chi connectivity index (χ1n) is 14.7. The minimum atomic E-state index is 1.09. The third-order valence-corrected chi connectivity index (χ3v) is 9.30. The first-order valence-corrected chi connectivity index (χ1v) is 14.7. The lowest BCUT2D eigenvalue weighted by atomic mass is 9.82. The second kappa shape index (κ2) is 8.83. The standard InChI is InChI=1S/C39H33N/c1-24-13-7-8-16-29(24)35-26(3)36(32-23-28(22-21-25(32)2)27-14-5-4-6-15-27)38-31-18-10-12-20-34(31)40-33-19-11-9-17-30(33)37(35)39(38)40/h4-9,13-18,20-23H,10-12,19H2,1-3H3. The summed E-state index contributed by atoms with van der Waals surface area (Å²) in [4.78, 5) is 0. The average molecular weight is 516 g/mol. The predicted octanol–water partition coefficient (Wildman–Crippen LogP) is 8.77. The lowest BCUT2D eigenvalue weighted by Gasteiger charge is -2.20. The fraction of sp³-hybridized carbons (Fsp3) is 0.179. The first kappa shape index (κ1) is 23.5. The van der Waals surface area contributed by atoms with E-state index >= 15 is 0 Å². The molecule has 2 aliphatic rings. The van der Waals surface area contributed by atoms with Crippen LogP contribution >= 0.6 is 0 Å². The fourth-order valence-electron chi connectivity index (χ4n) is 7.46. The van der Waals surface area contributed by atoms with Crippen LogP contribution in [0.15, 0.2) is 78.9 Å². The van der Waals surface area contributed by atoms with E-state index in [1.54, 1.807) is 0 Å². The molecule has 4 aromatic carbocycles. The van der Waals surface area contributed by atoms with Crippen LogP contribution in [0.3, 0.4) is 0 Å². The van der Waals surface area contributed by atoms with Crippen molar-refractivity contribution in [3.8, 4) is 33.4 Å². The van der Waals surface area contributed by atoms with Crippen molar-refractivity contribution in [3.05, 3.63) is 117 Å². The van der Waals surface area contributed by atoms with E-state index in [4.69, 9.17) is 0 Å². The van der Waals surface area contributed by atoms with E-state index in [1.807, 2.05) is 0 Å². The maximum atomic E-state index is 2.65. The molecule has 1 heteroatoms.